The third kappa shape index (κ3) is 2.66. The van der Waals surface area contributed by atoms with Crippen molar-refractivity contribution in [3.8, 4) is 0 Å². The Morgan fingerprint density at radius 2 is 1.50 bits per heavy atom. The van der Waals surface area contributed by atoms with Gasteiger partial charge in [-0.15, -0.1) is 0 Å². The summed E-state index contributed by atoms with van der Waals surface area (Å²) >= 11 is 0. The monoisotopic (exact) mass is 216 g/mol. The van der Waals surface area contributed by atoms with Gasteiger partial charge in [0.15, 0.2) is 0 Å². The summed E-state index contributed by atoms with van der Waals surface area (Å²) in [4.78, 5) is 0. The zero-order valence-electron chi connectivity index (χ0n) is 10.9. The minimum atomic E-state index is 0.653. The Kier molecular flexibility index (Phi) is 3.68. The van der Waals surface area contributed by atoms with E-state index in [2.05, 4.69) is 45.0 Å². The van der Waals surface area contributed by atoms with Gasteiger partial charge >= 0.3 is 0 Å². The van der Waals surface area contributed by atoms with Gasteiger partial charge in [-0.05, 0) is 41.7 Å². The number of benzene rings is 1. The summed E-state index contributed by atoms with van der Waals surface area (Å²) in [6, 6.07) is 9.35. The molecule has 0 amide bonds. The van der Waals surface area contributed by atoms with E-state index in [0.717, 1.165) is 11.8 Å². The smallest absolute Gasteiger partial charge is 0.0162 e. The van der Waals surface area contributed by atoms with Crippen LogP contribution in [0.2, 0.25) is 0 Å². The summed E-state index contributed by atoms with van der Waals surface area (Å²) in [5, 5.41) is 0. The Balaban J connectivity index is 2.04. The van der Waals surface area contributed by atoms with Gasteiger partial charge in [0, 0.05) is 0 Å². The van der Waals surface area contributed by atoms with E-state index in [4.69, 9.17) is 0 Å². The molecule has 0 heteroatoms. The van der Waals surface area contributed by atoms with Gasteiger partial charge < -0.3 is 0 Å². The van der Waals surface area contributed by atoms with Crippen molar-refractivity contribution in [3.63, 3.8) is 0 Å². The summed E-state index contributed by atoms with van der Waals surface area (Å²) < 4.78 is 0. The topological polar surface area (TPSA) is 0 Å². The highest BCUT2D eigenvalue weighted by Gasteiger charge is 2.19. The minimum absolute atomic E-state index is 0.653. The molecule has 0 radical (unpaired) electrons. The largest absolute Gasteiger partial charge is 0.0625 e. The van der Waals surface area contributed by atoms with Crippen LogP contribution in [0.4, 0.5) is 0 Å². The lowest BCUT2D eigenvalue weighted by Crippen LogP contribution is -2.10. The first kappa shape index (κ1) is 11.7. The van der Waals surface area contributed by atoms with E-state index in [1.807, 2.05) is 0 Å². The zero-order valence-corrected chi connectivity index (χ0v) is 10.9. The van der Waals surface area contributed by atoms with Crippen molar-refractivity contribution in [2.75, 3.05) is 0 Å². The third-order valence-electron chi connectivity index (χ3n) is 4.09. The zero-order chi connectivity index (χ0) is 11.5. The van der Waals surface area contributed by atoms with Crippen LogP contribution in [0.1, 0.15) is 69.4 Å². The van der Waals surface area contributed by atoms with Gasteiger partial charge in [0.1, 0.15) is 0 Å². The fourth-order valence-electron chi connectivity index (χ4n) is 2.75. The van der Waals surface area contributed by atoms with E-state index >= 15 is 0 Å². The highest BCUT2D eigenvalue weighted by atomic mass is 14.2. The van der Waals surface area contributed by atoms with Gasteiger partial charge in [0.25, 0.3) is 0 Å². The second kappa shape index (κ2) is 5.03. The molecule has 0 unspecified atom stereocenters. The molecule has 0 aliphatic heterocycles. The molecule has 0 nitrogen and oxygen atoms in total. The maximum absolute atomic E-state index is 2.39. The fraction of sp³-hybridized carbons (Fsp3) is 0.625. The molecule has 0 bridgehead atoms. The lowest BCUT2D eigenvalue weighted by Gasteiger charge is -2.26. The summed E-state index contributed by atoms with van der Waals surface area (Å²) in [6.45, 7) is 6.91. The van der Waals surface area contributed by atoms with Gasteiger partial charge in [-0.1, -0.05) is 57.9 Å². The number of hydrogen-bond acceptors (Lipinski definition) is 0. The number of rotatable bonds is 2. The molecule has 0 N–H and O–H groups in total. The molecule has 0 atom stereocenters. The Hall–Kier alpha value is -0.780. The van der Waals surface area contributed by atoms with E-state index in [9.17, 15) is 0 Å². The van der Waals surface area contributed by atoms with Crippen molar-refractivity contribution in [3.05, 3.63) is 35.4 Å². The quantitative estimate of drug-likeness (QED) is 0.645. The molecule has 88 valence electrons. The molecule has 16 heavy (non-hydrogen) atoms. The van der Waals surface area contributed by atoms with E-state index in [0.29, 0.717) is 5.92 Å². The lowest BCUT2D eigenvalue weighted by atomic mass is 9.79. The average molecular weight is 216 g/mol. The standard InChI is InChI=1S/C16H24/c1-12(2)14-8-10-16(11-9-14)15-6-4-13(3)5-7-15/h8-13,15H,4-7H2,1-3H3. The van der Waals surface area contributed by atoms with Gasteiger partial charge in [0.05, 0.1) is 0 Å². The van der Waals surface area contributed by atoms with E-state index in [1.54, 1.807) is 5.56 Å². The summed E-state index contributed by atoms with van der Waals surface area (Å²) in [5.74, 6) is 2.43. The minimum Gasteiger partial charge on any atom is -0.0625 e. The van der Waals surface area contributed by atoms with E-state index < -0.39 is 0 Å². The fourth-order valence-corrected chi connectivity index (χ4v) is 2.75. The first-order chi connectivity index (χ1) is 7.66. The van der Waals surface area contributed by atoms with Crippen molar-refractivity contribution in [2.45, 2.75) is 58.3 Å². The summed E-state index contributed by atoms with van der Waals surface area (Å²) in [5.41, 5.74) is 3.03. The lowest BCUT2D eigenvalue weighted by molar-refractivity contribution is 0.348. The van der Waals surface area contributed by atoms with Crippen LogP contribution >= 0.6 is 0 Å². The van der Waals surface area contributed by atoms with Crippen LogP contribution in [0, 0.1) is 5.92 Å². The molecule has 1 aromatic carbocycles. The molecule has 0 saturated heterocycles. The molecule has 0 heterocycles. The molecular weight excluding hydrogens is 192 g/mol. The van der Waals surface area contributed by atoms with Crippen molar-refractivity contribution in [1.29, 1.82) is 0 Å². The molecule has 1 fully saturated rings. The second-order valence-electron chi connectivity index (χ2n) is 5.78. The van der Waals surface area contributed by atoms with Gasteiger partial charge in [-0.3, -0.25) is 0 Å². The van der Waals surface area contributed by atoms with Gasteiger partial charge in [0.2, 0.25) is 0 Å². The van der Waals surface area contributed by atoms with Crippen molar-refractivity contribution >= 4 is 0 Å². The average Bonchev–Trinajstić information content (AvgIpc) is 2.30. The third-order valence-corrected chi connectivity index (χ3v) is 4.09. The number of hydrogen-bond donors (Lipinski definition) is 0. The molecule has 0 spiro atoms. The molecule has 2 rings (SSSR count). The maximum Gasteiger partial charge on any atom is -0.0162 e. The Morgan fingerprint density at radius 1 is 0.938 bits per heavy atom. The van der Waals surface area contributed by atoms with Gasteiger partial charge in [-0.25, -0.2) is 0 Å². The molecule has 1 aliphatic rings. The van der Waals surface area contributed by atoms with E-state index in [-0.39, 0.29) is 0 Å². The Morgan fingerprint density at radius 3 is 2.00 bits per heavy atom. The van der Waals surface area contributed by atoms with Crippen LogP contribution in [0.5, 0.6) is 0 Å². The summed E-state index contributed by atoms with van der Waals surface area (Å²) in [6.07, 6.45) is 5.61. The predicted octanol–water partition coefficient (Wildman–Crippen LogP) is 5.10. The molecule has 1 aliphatic carbocycles. The van der Waals surface area contributed by atoms with Crippen LogP contribution < -0.4 is 0 Å². The maximum atomic E-state index is 2.39. The summed E-state index contributed by atoms with van der Waals surface area (Å²) in [7, 11) is 0. The van der Waals surface area contributed by atoms with Gasteiger partial charge in [-0.2, -0.15) is 0 Å². The van der Waals surface area contributed by atoms with Crippen molar-refractivity contribution < 1.29 is 0 Å². The second-order valence-corrected chi connectivity index (χ2v) is 5.78. The first-order valence-electron chi connectivity index (χ1n) is 6.76. The molecule has 1 saturated carbocycles. The Labute approximate surface area is 100 Å². The van der Waals surface area contributed by atoms with Crippen LogP contribution in [0.3, 0.4) is 0 Å². The first-order valence-corrected chi connectivity index (χ1v) is 6.76. The highest BCUT2D eigenvalue weighted by Crippen LogP contribution is 2.35. The SMILES string of the molecule is CC1CCC(c2ccc(C(C)C)cc2)CC1. The predicted molar refractivity (Wildman–Crippen MR) is 70.9 cm³/mol. The normalized spacial score (nSPS) is 26.0. The van der Waals surface area contributed by atoms with Crippen LogP contribution in [0.25, 0.3) is 0 Å². The van der Waals surface area contributed by atoms with Crippen LogP contribution in [-0.2, 0) is 0 Å². The Bertz CT molecular complexity index is 312. The van der Waals surface area contributed by atoms with Crippen molar-refractivity contribution in [2.24, 2.45) is 5.92 Å². The molecule has 1 aromatic rings. The molecular formula is C16H24. The molecule has 0 aromatic heterocycles. The highest BCUT2D eigenvalue weighted by molar-refractivity contribution is 5.27. The van der Waals surface area contributed by atoms with Crippen LogP contribution in [-0.4, -0.2) is 0 Å². The van der Waals surface area contributed by atoms with E-state index in [1.165, 1.54) is 31.2 Å². The van der Waals surface area contributed by atoms with Crippen molar-refractivity contribution in [1.82, 2.24) is 0 Å². The van der Waals surface area contributed by atoms with Crippen LogP contribution in [0.15, 0.2) is 24.3 Å².